The number of fused-ring (bicyclic) bond motifs is 1. The molecule has 1 saturated heterocycles. The number of nitrogens with zero attached hydrogens (tertiary/aromatic N) is 2. The molecule has 0 aromatic heterocycles. The molecule has 10 heteroatoms. The zero-order valence-corrected chi connectivity index (χ0v) is 17.8. The van der Waals surface area contributed by atoms with Crippen molar-refractivity contribution in [3.8, 4) is 0 Å². The van der Waals surface area contributed by atoms with E-state index in [1.54, 1.807) is 54.6 Å². The molecule has 0 atom stereocenters. The number of carbonyl (C=O) groups is 4. The fraction of sp³-hybridized carbons (Fsp3) is 0.0952. The smallest absolute Gasteiger partial charge is 0.325 e. The van der Waals surface area contributed by atoms with Gasteiger partial charge in [-0.3, -0.25) is 29.5 Å². The van der Waals surface area contributed by atoms with Crippen LogP contribution < -0.4 is 10.3 Å². The second kappa shape index (κ2) is 8.32. The Hall–Kier alpha value is -3.50. The normalized spacial score (nSPS) is 17.8. The summed E-state index contributed by atoms with van der Waals surface area (Å²) in [5.41, 5.74) is 3.98. The topological polar surface area (TPSA) is 96.0 Å². The number of nitrogens with one attached hydrogen (secondary N) is 1. The molecule has 8 nitrogen and oxygen atoms in total. The van der Waals surface area contributed by atoms with Crippen LogP contribution in [-0.2, 0) is 19.1 Å². The van der Waals surface area contributed by atoms with Crippen molar-refractivity contribution < 1.29 is 23.9 Å². The average molecular weight is 454 g/mol. The van der Waals surface area contributed by atoms with E-state index in [0.717, 1.165) is 16.8 Å². The van der Waals surface area contributed by atoms with Crippen molar-refractivity contribution >= 4 is 63.3 Å². The summed E-state index contributed by atoms with van der Waals surface area (Å²) in [6, 6.07) is 15.2. The van der Waals surface area contributed by atoms with Crippen molar-refractivity contribution in [1.29, 1.82) is 0 Å². The lowest BCUT2D eigenvalue weighted by Crippen LogP contribution is -2.45. The summed E-state index contributed by atoms with van der Waals surface area (Å²) >= 11 is 6.19. The molecule has 2 aromatic rings. The molecule has 0 saturated carbocycles. The van der Waals surface area contributed by atoms with E-state index < -0.39 is 23.7 Å². The largest absolute Gasteiger partial charge is 0.468 e. The number of esters is 1. The zero-order chi connectivity index (χ0) is 22.1. The summed E-state index contributed by atoms with van der Waals surface area (Å²) in [6.45, 7) is -0.291. The molecule has 31 heavy (non-hydrogen) atoms. The van der Waals surface area contributed by atoms with Crippen molar-refractivity contribution in [3.05, 3.63) is 70.6 Å². The number of para-hydroxylation sites is 1. The van der Waals surface area contributed by atoms with Gasteiger partial charge in [-0.1, -0.05) is 48.2 Å². The van der Waals surface area contributed by atoms with Gasteiger partial charge in [0.25, 0.3) is 17.7 Å². The number of anilines is 1. The average Bonchev–Trinajstić information content (AvgIpc) is 3.21. The van der Waals surface area contributed by atoms with Gasteiger partial charge in [0.1, 0.15) is 6.54 Å². The van der Waals surface area contributed by atoms with Crippen LogP contribution in [0.15, 0.2) is 59.5 Å². The first-order valence-corrected chi connectivity index (χ1v) is 10.3. The molecule has 2 aliphatic rings. The van der Waals surface area contributed by atoms with Crippen molar-refractivity contribution in [2.24, 2.45) is 0 Å². The van der Waals surface area contributed by atoms with Crippen LogP contribution in [0.5, 0.6) is 0 Å². The highest BCUT2D eigenvalue weighted by Crippen LogP contribution is 2.44. The number of carbonyl (C=O) groups excluding carboxylic acids is 4. The number of hydrogen-bond donors (Lipinski definition) is 1. The number of thioether (sulfide) groups is 1. The van der Waals surface area contributed by atoms with Crippen LogP contribution in [0.2, 0.25) is 0 Å². The molecule has 0 bridgehead atoms. The van der Waals surface area contributed by atoms with E-state index in [1.807, 2.05) is 0 Å². The Morgan fingerprint density at radius 3 is 2.42 bits per heavy atom. The van der Waals surface area contributed by atoms with Crippen LogP contribution in [0.3, 0.4) is 0 Å². The van der Waals surface area contributed by atoms with Crippen LogP contribution in [0, 0.1) is 0 Å². The minimum atomic E-state index is -0.614. The number of thiocarbonyl (C=S) groups is 1. The van der Waals surface area contributed by atoms with Crippen LogP contribution in [-0.4, -0.2) is 46.7 Å². The van der Waals surface area contributed by atoms with Crippen LogP contribution in [0.1, 0.15) is 15.9 Å². The molecule has 2 heterocycles. The number of amides is 3. The number of ether oxygens (including phenoxy) is 1. The van der Waals surface area contributed by atoms with Crippen molar-refractivity contribution in [2.45, 2.75) is 0 Å². The summed E-state index contributed by atoms with van der Waals surface area (Å²) in [4.78, 5) is 51.9. The van der Waals surface area contributed by atoms with Crippen molar-refractivity contribution in [1.82, 2.24) is 10.4 Å². The first kappa shape index (κ1) is 20.8. The second-order valence-electron chi connectivity index (χ2n) is 6.50. The highest BCUT2D eigenvalue weighted by Gasteiger charge is 2.43. The molecule has 1 N–H and O–H groups in total. The maximum atomic E-state index is 13.1. The van der Waals surface area contributed by atoms with Gasteiger partial charge in [-0.25, -0.2) is 0 Å². The van der Waals surface area contributed by atoms with Crippen LogP contribution in [0.4, 0.5) is 5.69 Å². The van der Waals surface area contributed by atoms with Crippen molar-refractivity contribution in [2.75, 3.05) is 18.6 Å². The number of hydrazine groups is 1. The van der Waals surface area contributed by atoms with Gasteiger partial charge in [0.15, 0.2) is 4.32 Å². The minimum Gasteiger partial charge on any atom is -0.468 e. The Bertz CT molecular complexity index is 1160. The van der Waals surface area contributed by atoms with Gasteiger partial charge in [-0.2, -0.15) is 5.01 Å². The number of benzene rings is 2. The van der Waals surface area contributed by atoms with Crippen LogP contribution in [0.25, 0.3) is 5.57 Å². The zero-order valence-electron chi connectivity index (χ0n) is 16.2. The molecular weight excluding hydrogens is 438 g/mol. The summed E-state index contributed by atoms with van der Waals surface area (Å²) < 4.78 is 4.77. The lowest BCUT2D eigenvalue weighted by molar-refractivity contribution is -0.139. The molecule has 3 amide bonds. The fourth-order valence-corrected chi connectivity index (χ4v) is 4.47. The van der Waals surface area contributed by atoms with Gasteiger partial charge in [0.05, 0.1) is 23.3 Å². The van der Waals surface area contributed by atoms with Crippen LogP contribution >= 0.6 is 24.0 Å². The summed E-state index contributed by atoms with van der Waals surface area (Å²) in [7, 11) is 1.23. The van der Waals surface area contributed by atoms with E-state index in [-0.39, 0.29) is 21.3 Å². The predicted molar refractivity (Wildman–Crippen MR) is 119 cm³/mol. The lowest BCUT2D eigenvalue weighted by atomic mass is 10.1. The molecule has 0 radical (unpaired) electrons. The molecule has 0 spiro atoms. The van der Waals surface area contributed by atoms with Gasteiger partial charge in [0, 0.05) is 11.1 Å². The Kier molecular flexibility index (Phi) is 5.57. The monoisotopic (exact) mass is 453 g/mol. The molecule has 0 unspecified atom stereocenters. The predicted octanol–water partition coefficient (Wildman–Crippen LogP) is 2.12. The van der Waals surface area contributed by atoms with E-state index in [1.165, 1.54) is 12.0 Å². The molecule has 0 aliphatic carbocycles. The molecule has 156 valence electrons. The third-order valence-corrected chi connectivity index (χ3v) is 6.06. The quantitative estimate of drug-likeness (QED) is 0.430. The third kappa shape index (κ3) is 3.71. The molecule has 2 aromatic carbocycles. The minimum absolute atomic E-state index is 0.0863. The van der Waals surface area contributed by atoms with Gasteiger partial charge in [0.2, 0.25) is 0 Å². The first-order valence-electron chi connectivity index (χ1n) is 9.07. The standard InChI is InChI=1S/C21H15N3O5S2/c1-29-15(25)11-23-14-10-6-5-9-13(14)16(19(23)27)17-20(28)24(21(30)31-17)22-18(26)12-7-3-2-4-8-12/h2-10H,11H2,1H3,(H,22,26). The Balaban J connectivity index is 1.68. The summed E-state index contributed by atoms with van der Waals surface area (Å²) in [5, 5.41) is 0.955. The second-order valence-corrected chi connectivity index (χ2v) is 8.15. The third-order valence-electron chi connectivity index (χ3n) is 4.68. The van der Waals surface area contributed by atoms with Gasteiger partial charge < -0.3 is 4.74 Å². The number of rotatable bonds is 4. The maximum absolute atomic E-state index is 13.1. The fourth-order valence-electron chi connectivity index (χ4n) is 3.22. The molecule has 2 aliphatic heterocycles. The highest BCUT2D eigenvalue weighted by atomic mass is 32.2. The maximum Gasteiger partial charge on any atom is 0.325 e. The summed E-state index contributed by atoms with van der Waals surface area (Å²) in [5.74, 6) is -2.22. The Labute approximate surface area is 186 Å². The molecule has 4 rings (SSSR count). The van der Waals surface area contributed by atoms with E-state index >= 15 is 0 Å². The van der Waals surface area contributed by atoms with E-state index in [0.29, 0.717) is 16.8 Å². The highest BCUT2D eigenvalue weighted by molar-refractivity contribution is 8.26. The number of methoxy groups -OCH3 is 1. The van der Waals surface area contributed by atoms with E-state index in [9.17, 15) is 19.2 Å². The molecular formula is C21H15N3O5S2. The van der Waals surface area contributed by atoms with Gasteiger partial charge in [-0.15, -0.1) is 0 Å². The first-order chi connectivity index (χ1) is 14.9. The number of hydrogen-bond acceptors (Lipinski definition) is 7. The van der Waals surface area contributed by atoms with E-state index in [2.05, 4.69) is 10.2 Å². The SMILES string of the molecule is COC(=O)CN1C(=O)C(=C2SC(=S)N(NC(=O)c3ccccc3)C2=O)c2ccccc21. The van der Waals surface area contributed by atoms with E-state index in [4.69, 9.17) is 12.2 Å². The Morgan fingerprint density at radius 1 is 1.03 bits per heavy atom. The lowest BCUT2D eigenvalue weighted by Gasteiger charge is -2.16. The van der Waals surface area contributed by atoms with Gasteiger partial charge >= 0.3 is 5.97 Å². The summed E-state index contributed by atoms with van der Waals surface area (Å²) in [6.07, 6.45) is 0. The molecule has 1 fully saturated rings. The van der Waals surface area contributed by atoms with Crippen molar-refractivity contribution in [3.63, 3.8) is 0 Å². The van der Waals surface area contributed by atoms with Gasteiger partial charge in [-0.05, 0) is 30.4 Å². The Morgan fingerprint density at radius 2 is 1.71 bits per heavy atom.